The molecule has 0 saturated carbocycles. The predicted molar refractivity (Wildman–Crippen MR) is 64.3 cm³/mol. The third kappa shape index (κ3) is 2.36. The number of nitrogens with zero attached hydrogens (tertiary/aromatic N) is 2. The third-order valence-corrected chi connectivity index (χ3v) is 2.28. The van der Waals surface area contributed by atoms with E-state index in [1.807, 2.05) is 7.05 Å². The quantitative estimate of drug-likeness (QED) is 0.696. The molecule has 0 radical (unpaired) electrons. The minimum atomic E-state index is -0.996. The molecule has 17 heavy (non-hydrogen) atoms. The van der Waals surface area contributed by atoms with Gasteiger partial charge in [0.25, 0.3) is 0 Å². The van der Waals surface area contributed by atoms with Crippen molar-refractivity contribution in [2.24, 2.45) is 7.05 Å². The van der Waals surface area contributed by atoms with Gasteiger partial charge in [-0.05, 0) is 18.2 Å². The van der Waals surface area contributed by atoms with Crippen molar-refractivity contribution in [1.29, 1.82) is 0 Å². The molecule has 1 aromatic heterocycles. The molecule has 88 valence electrons. The van der Waals surface area contributed by atoms with Crippen molar-refractivity contribution in [1.82, 2.24) is 9.78 Å². The molecular formula is C11H12N4O2. The summed E-state index contributed by atoms with van der Waals surface area (Å²) >= 11 is 0. The SMILES string of the molecule is Cn1cc(Nc2ccc(C(=O)O)cc2N)cn1. The fourth-order valence-corrected chi connectivity index (χ4v) is 1.45. The van der Waals surface area contributed by atoms with Crippen LogP contribution in [0.25, 0.3) is 0 Å². The van der Waals surface area contributed by atoms with Crippen LogP contribution >= 0.6 is 0 Å². The van der Waals surface area contributed by atoms with Crippen molar-refractivity contribution >= 4 is 23.0 Å². The van der Waals surface area contributed by atoms with Crippen molar-refractivity contribution in [3.63, 3.8) is 0 Å². The van der Waals surface area contributed by atoms with Crippen LogP contribution in [0.15, 0.2) is 30.6 Å². The molecule has 1 heterocycles. The van der Waals surface area contributed by atoms with Gasteiger partial charge in [-0.3, -0.25) is 4.68 Å². The summed E-state index contributed by atoms with van der Waals surface area (Å²) in [5, 5.41) is 15.9. The van der Waals surface area contributed by atoms with E-state index in [1.165, 1.54) is 12.1 Å². The number of nitrogen functional groups attached to an aromatic ring is 1. The lowest BCUT2D eigenvalue weighted by atomic mass is 10.1. The normalized spacial score (nSPS) is 10.2. The molecule has 0 aliphatic carbocycles. The van der Waals surface area contributed by atoms with Crippen molar-refractivity contribution in [2.75, 3.05) is 11.1 Å². The first kappa shape index (κ1) is 11.0. The smallest absolute Gasteiger partial charge is 0.335 e. The van der Waals surface area contributed by atoms with Gasteiger partial charge in [0.05, 0.1) is 28.8 Å². The van der Waals surface area contributed by atoms with Crippen molar-refractivity contribution in [3.8, 4) is 0 Å². The Hall–Kier alpha value is -2.50. The highest BCUT2D eigenvalue weighted by Crippen LogP contribution is 2.23. The molecule has 0 aliphatic rings. The highest BCUT2D eigenvalue weighted by Gasteiger charge is 2.06. The number of aromatic carboxylic acids is 1. The van der Waals surface area contributed by atoms with E-state index in [-0.39, 0.29) is 5.56 Å². The lowest BCUT2D eigenvalue weighted by Crippen LogP contribution is -2.01. The van der Waals surface area contributed by atoms with Crippen molar-refractivity contribution < 1.29 is 9.90 Å². The number of rotatable bonds is 3. The molecule has 0 unspecified atom stereocenters. The Morgan fingerprint density at radius 1 is 1.53 bits per heavy atom. The summed E-state index contributed by atoms with van der Waals surface area (Å²) in [5.41, 5.74) is 7.76. The Bertz CT molecular complexity index is 562. The van der Waals surface area contributed by atoms with E-state index in [2.05, 4.69) is 10.4 Å². The van der Waals surface area contributed by atoms with Crippen LogP contribution in [0.5, 0.6) is 0 Å². The van der Waals surface area contributed by atoms with Crippen LogP contribution in [0.2, 0.25) is 0 Å². The first-order valence-corrected chi connectivity index (χ1v) is 4.95. The number of benzene rings is 1. The van der Waals surface area contributed by atoms with Crippen LogP contribution in [-0.4, -0.2) is 20.9 Å². The second kappa shape index (κ2) is 4.17. The molecule has 4 N–H and O–H groups in total. The zero-order valence-corrected chi connectivity index (χ0v) is 9.21. The van der Waals surface area contributed by atoms with E-state index < -0.39 is 5.97 Å². The second-order valence-corrected chi connectivity index (χ2v) is 3.63. The standard InChI is InChI=1S/C11H12N4O2/c1-15-6-8(5-13-15)14-10-3-2-7(11(16)17)4-9(10)12/h2-6,14H,12H2,1H3,(H,16,17). The molecule has 6 heteroatoms. The molecule has 0 spiro atoms. The zero-order valence-electron chi connectivity index (χ0n) is 9.21. The van der Waals surface area contributed by atoms with Gasteiger partial charge in [0.1, 0.15) is 0 Å². The van der Waals surface area contributed by atoms with Gasteiger partial charge >= 0.3 is 5.97 Å². The monoisotopic (exact) mass is 232 g/mol. The fourth-order valence-electron chi connectivity index (χ4n) is 1.45. The Morgan fingerprint density at radius 2 is 2.29 bits per heavy atom. The van der Waals surface area contributed by atoms with Gasteiger partial charge < -0.3 is 16.2 Å². The molecule has 2 aromatic rings. The van der Waals surface area contributed by atoms with Crippen molar-refractivity contribution in [3.05, 3.63) is 36.2 Å². The summed E-state index contributed by atoms with van der Waals surface area (Å²) in [6.45, 7) is 0. The summed E-state index contributed by atoms with van der Waals surface area (Å²) < 4.78 is 1.66. The molecule has 0 fully saturated rings. The summed E-state index contributed by atoms with van der Waals surface area (Å²) in [4.78, 5) is 10.7. The van der Waals surface area contributed by atoms with Gasteiger partial charge in [-0.1, -0.05) is 0 Å². The first-order chi connectivity index (χ1) is 8.06. The largest absolute Gasteiger partial charge is 0.478 e. The van der Waals surface area contributed by atoms with E-state index in [0.29, 0.717) is 11.4 Å². The predicted octanol–water partition coefficient (Wildman–Crippen LogP) is 1.44. The number of carbonyl (C=O) groups is 1. The molecule has 0 aliphatic heterocycles. The maximum absolute atomic E-state index is 10.7. The Kier molecular flexibility index (Phi) is 2.70. The maximum atomic E-state index is 10.7. The van der Waals surface area contributed by atoms with E-state index in [0.717, 1.165) is 5.69 Å². The molecule has 2 rings (SSSR count). The van der Waals surface area contributed by atoms with Crippen LogP contribution in [0.3, 0.4) is 0 Å². The molecular weight excluding hydrogens is 220 g/mol. The number of carboxylic acids is 1. The van der Waals surface area contributed by atoms with E-state index >= 15 is 0 Å². The Balaban J connectivity index is 2.25. The number of nitrogens with two attached hydrogens (primary N) is 1. The van der Waals surface area contributed by atoms with Gasteiger partial charge in [0.15, 0.2) is 0 Å². The number of nitrogens with one attached hydrogen (secondary N) is 1. The van der Waals surface area contributed by atoms with Crippen LogP contribution in [-0.2, 0) is 7.05 Å². The zero-order chi connectivity index (χ0) is 12.4. The summed E-state index contributed by atoms with van der Waals surface area (Å²) in [7, 11) is 1.81. The number of aromatic nitrogens is 2. The van der Waals surface area contributed by atoms with Crippen LogP contribution in [0.4, 0.5) is 17.1 Å². The van der Waals surface area contributed by atoms with Gasteiger partial charge in [0, 0.05) is 13.2 Å². The Morgan fingerprint density at radius 3 is 2.82 bits per heavy atom. The summed E-state index contributed by atoms with van der Waals surface area (Å²) in [6.07, 6.45) is 3.45. The number of hydrogen-bond donors (Lipinski definition) is 3. The molecule has 0 amide bonds. The fraction of sp³-hybridized carbons (Fsp3) is 0.0909. The number of anilines is 3. The average molecular weight is 232 g/mol. The Labute approximate surface area is 97.7 Å². The molecule has 1 aromatic carbocycles. The number of aryl methyl sites for hydroxylation is 1. The lowest BCUT2D eigenvalue weighted by molar-refractivity contribution is 0.0697. The van der Waals surface area contributed by atoms with Gasteiger partial charge in [0.2, 0.25) is 0 Å². The van der Waals surface area contributed by atoms with Crippen LogP contribution < -0.4 is 11.1 Å². The topological polar surface area (TPSA) is 93.2 Å². The van der Waals surface area contributed by atoms with E-state index in [1.54, 1.807) is 23.1 Å². The van der Waals surface area contributed by atoms with Crippen LogP contribution in [0, 0.1) is 0 Å². The number of carboxylic acid groups (broad SMARTS) is 1. The third-order valence-electron chi connectivity index (χ3n) is 2.28. The van der Waals surface area contributed by atoms with Gasteiger partial charge in [-0.2, -0.15) is 5.10 Å². The van der Waals surface area contributed by atoms with Crippen LogP contribution in [0.1, 0.15) is 10.4 Å². The van der Waals surface area contributed by atoms with E-state index in [9.17, 15) is 4.79 Å². The summed E-state index contributed by atoms with van der Waals surface area (Å²) in [5.74, 6) is -0.996. The second-order valence-electron chi connectivity index (χ2n) is 3.63. The van der Waals surface area contributed by atoms with Gasteiger partial charge in [-0.15, -0.1) is 0 Å². The highest BCUT2D eigenvalue weighted by atomic mass is 16.4. The molecule has 0 saturated heterocycles. The summed E-state index contributed by atoms with van der Waals surface area (Å²) in [6, 6.07) is 4.55. The molecule has 6 nitrogen and oxygen atoms in total. The maximum Gasteiger partial charge on any atom is 0.335 e. The number of hydrogen-bond acceptors (Lipinski definition) is 4. The van der Waals surface area contributed by atoms with Crippen molar-refractivity contribution in [2.45, 2.75) is 0 Å². The lowest BCUT2D eigenvalue weighted by Gasteiger charge is -2.07. The molecule has 0 bridgehead atoms. The minimum absolute atomic E-state index is 0.166. The van der Waals surface area contributed by atoms with E-state index in [4.69, 9.17) is 10.8 Å². The minimum Gasteiger partial charge on any atom is -0.478 e. The highest BCUT2D eigenvalue weighted by molar-refractivity contribution is 5.90. The van der Waals surface area contributed by atoms with Gasteiger partial charge in [-0.25, -0.2) is 4.79 Å². The molecule has 0 atom stereocenters. The first-order valence-electron chi connectivity index (χ1n) is 4.95. The average Bonchev–Trinajstić information content (AvgIpc) is 2.67.